The Kier molecular flexibility index (Phi) is 4.60. The van der Waals surface area contributed by atoms with Crippen molar-refractivity contribution < 1.29 is 9.59 Å². The Labute approximate surface area is 155 Å². The first kappa shape index (κ1) is 17.3. The number of hydrogen-bond donors (Lipinski definition) is 2. The largest absolute Gasteiger partial charge is 0.350 e. The summed E-state index contributed by atoms with van der Waals surface area (Å²) >= 11 is 0. The summed E-state index contributed by atoms with van der Waals surface area (Å²) in [6.07, 6.45) is 9.73. The Morgan fingerprint density at radius 2 is 1.62 bits per heavy atom. The lowest BCUT2D eigenvalue weighted by Gasteiger charge is -2.56. The van der Waals surface area contributed by atoms with E-state index in [-0.39, 0.29) is 11.8 Å². The molecule has 138 valence electrons. The minimum atomic E-state index is -0.225. The van der Waals surface area contributed by atoms with Gasteiger partial charge in [0, 0.05) is 13.5 Å². The van der Waals surface area contributed by atoms with E-state index in [2.05, 4.69) is 10.6 Å². The first-order chi connectivity index (χ1) is 12.5. The lowest BCUT2D eigenvalue weighted by atomic mass is 9.49. The van der Waals surface area contributed by atoms with E-state index >= 15 is 0 Å². The molecule has 0 saturated heterocycles. The second-order valence-electron chi connectivity index (χ2n) is 8.75. The zero-order valence-electron chi connectivity index (χ0n) is 15.5. The molecule has 4 bridgehead atoms. The van der Waals surface area contributed by atoms with Crippen LogP contribution in [0.4, 0.5) is 0 Å². The van der Waals surface area contributed by atoms with Crippen molar-refractivity contribution in [3.05, 3.63) is 41.6 Å². The highest BCUT2D eigenvalue weighted by atomic mass is 16.2. The maximum atomic E-state index is 12.8. The quantitative estimate of drug-likeness (QED) is 0.797. The van der Waals surface area contributed by atoms with Crippen LogP contribution >= 0.6 is 0 Å². The van der Waals surface area contributed by atoms with Gasteiger partial charge < -0.3 is 10.6 Å². The van der Waals surface area contributed by atoms with Crippen molar-refractivity contribution >= 4 is 17.9 Å². The second kappa shape index (κ2) is 6.90. The molecule has 5 rings (SSSR count). The predicted molar refractivity (Wildman–Crippen MR) is 102 cm³/mol. The van der Waals surface area contributed by atoms with E-state index in [1.165, 1.54) is 45.4 Å². The van der Waals surface area contributed by atoms with Crippen LogP contribution in [0, 0.1) is 23.2 Å². The molecule has 4 aliphatic carbocycles. The van der Waals surface area contributed by atoms with Gasteiger partial charge in [-0.15, -0.1) is 0 Å². The van der Waals surface area contributed by atoms with E-state index in [0.29, 0.717) is 11.1 Å². The third-order valence-electron chi connectivity index (χ3n) is 6.45. The minimum Gasteiger partial charge on any atom is -0.350 e. The normalized spacial score (nSPS) is 32.3. The molecule has 0 atom stereocenters. The van der Waals surface area contributed by atoms with E-state index in [1.807, 2.05) is 30.3 Å². The standard InChI is InChI=1S/C22H28N2O2/c1-15(25)24-20(10-16-5-3-2-4-6-16)21(26)23-14-22-11-17-7-18(12-22)9-19(8-17)13-22/h2-6,10,17-19H,7-9,11-14H2,1H3,(H,23,26)(H,24,25)/b20-10-. The smallest absolute Gasteiger partial charge is 0.267 e. The highest BCUT2D eigenvalue weighted by molar-refractivity contribution is 6.00. The van der Waals surface area contributed by atoms with Crippen LogP contribution in [0.1, 0.15) is 51.0 Å². The molecule has 4 fully saturated rings. The molecule has 4 saturated carbocycles. The van der Waals surface area contributed by atoms with Crippen molar-refractivity contribution in [2.24, 2.45) is 23.2 Å². The molecular formula is C22H28N2O2. The minimum absolute atomic E-state index is 0.181. The van der Waals surface area contributed by atoms with Crippen molar-refractivity contribution in [1.82, 2.24) is 10.6 Å². The van der Waals surface area contributed by atoms with Crippen molar-refractivity contribution in [3.63, 3.8) is 0 Å². The number of amides is 2. The SMILES string of the molecule is CC(=O)N/C(=C\c1ccccc1)C(=O)NCC12CC3CC(CC(C3)C1)C2. The summed E-state index contributed by atoms with van der Waals surface area (Å²) in [5.41, 5.74) is 1.52. The molecule has 0 spiro atoms. The summed E-state index contributed by atoms with van der Waals surface area (Å²) in [6.45, 7) is 2.17. The lowest BCUT2D eigenvalue weighted by molar-refractivity contribution is -0.123. The number of hydrogen-bond acceptors (Lipinski definition) is 2. The van der Waals surface area contributed by atoms with E-state index in [0.717, 1.165) is 29.9 Å². The fourth-order valence-corrected chi connectivity index (χ4v) is 5.93. The molecule has 0 heterocycles. The van der Waals surface area contributed by atoms with Gasteiger partial charge in [0.05, 0.1) is 0 Å². The Balaban J connectivity index is 1.45. The Morgan fingerprint density at radius 1 is 1.04 bits per heavy atom. The molecule has 0 aliphatic heterocycles. The maximum Gasteiger partial charge on any atom is 0.267 e. The fourth-order valence-electron chi connectivity index (χ4n) is 5.93. The molecule has 4 nitrogen and oxygen atoms in total. The summed E-state index contributed by atoms with van der Waals surface area (Å²) in [6, 6.07) is 9.63. The van der Waals surface area contributed by atoms with Crippen molar-refractivity contribution in [3.8, 4) is 0 Å². The van der Waals surface area contributed by atoms with E-state index in [1.54, 1.807) is 6.08 Å². The van der Waals surface area contributed by atoms with Gasteiger partial charge in [0.15, 0.2) is 0 Å². The molecule has 26 heavy (non-hydrogen) atoms. The van der Waals surface area contributed by atoms with Gasteiger partial charge in [-0.1, -0.05) is 30.3 Å². The molecule has 1 aromatic rings. The Bertz CT molecular complexity index is 688. The van der Waals surface area contributed by atoms with Gasteiger partial charge in [0.1, 0.15) is 5.70 Å². The summed E-state index contributed by atoms with van der Waals surface area (Å²) < 4.78 is 0. The molecule has 2 amide bonds. The van der Waals surface area contributed by atoms with Crippen LogP contribution < -0.4 is 10.6 Å². The third-order valence-corrected chi connectivity index (χ3v) is 6.45. The molecule has 0 aromatic heterocycles. The molecular weight excluding hydrogens is 324 g/mol. The first-order valence-corrected chi connectivity index (χ1v) is 9.84. The molecule has 4 heteroatoms. The van der Waals surface area contributed by atoms with Gasteiger partial charge in [0.2, 0.25) is 5.91 Å². The van der Waals surface area contributed by atoms with Crippen LogP contribution in [0.5, 0.6) is 0 Å². The van der Waals surface area contributed by atoms with E-state index in [4.69, 9.17) is 0 Å². The molecule has 0 unspecified atom stereocenters. The van der Waals surface area contributed by atoms with Crippen LogP contribution in [-0.4, -0.2) is 18.4 Å². The highest BCUT2D eigenvalue weighted by Crippen LogP contribution is 2.59. The van der Waals surface area contributed by atoms with Crippen LogP contribution in [0.2, 0.25) is 0 Å². The number of nitrogens with one attached hydrogen (secondary N) is 2. The Morgan fingerprint density at radius 3 is 2.15 bits per heavy atom. The molecule has 1 aromatic carbocycles. The van der Waals surface area contributed by atoms with E-state index in [9.17, 15) is 9.59 Å². The zero-order valence-corrected chi connectivity index (χ0v) is 15.5. The highest BCUT2D eigenvalue weighted by Gasteiger charge is 2.50. The van der Waals surface area contributed by atoms with Crippen molar-refractivity contribution in [2.45, 2.75) is 45.4 Å². The molecule has 2 N–H and O–H groups in total. The van der Waals surface area contributed by atoms with E-state index < -0.39 is 0 Å². The summed E-state index contributed by atoms with van der Waals surface area (Å²) in [5.74, 6) is 2.20. The Hall–Kier alpha value is -2.10. The van der Waals surface area contributed by atoms with Crippen LogP contribution in [0.3, 0.4) is 0 Å². The lowest BCUT2D eigenvalue weighted by Crippen LogP contribution is -2.51. The number of rotatable bonds is 5. The average molecular weight is 352 g/mol. The van der Waals surface area contributed by atoms with Gasteiger partial charge >= 0.3 is 0 Å². The van der Waals surface area contributed by atoms with Gasteiger partial charge in [-0.3, -0.25) is 9.59 Å². The van der Waals surface area contributed by atoms with Gasteiger partial charge in [-0.2, -0.15) is 0 Å². The number of carbonyl (C=O) groups excluding carboxylic acids is 2. The topological polar surface area (TPSA) is 58.2 Å². The summed E-state index contributed by atoms with van der Waals surface area (Å²) in [4.78, 5) is 24.3. The fraction of sp³-hybridized carbons (Fsp3) is 0.545. The van der Waals surface area contributed by atoms with Crippen LogP contribution in [-0.2, 0) is 9.59 Å². The number of benzene rings is 1. The third kappa shape index (κ3) is 3.69. The molecule has 0 radical (unpaired) electrons. The number of carbonyl (C=O) groups is 2. The first-order valence-electron chi connectivity index (χ1n) is 9.84. The van der Waals surface area contributed by atoms with Gasteiger partial charge in [0.25, 0.3) is 5.91 Å². The van der Waals surface area contributed by atoms with Gasteiger partial charge in [-0.05, 0) is 73.3 Å². The molecule has 4 aliphatic rings. The maximum absolute atomic E-state index is 12.8. The van der Waals surface area contributed by atoms with Crippen molar-refractivity contribution in [1.29, 1.82) is 0 Å². The van der Waals surface area contributed by atoms with Crippen molar-refractivity contribution in [2.75, 3.05) is 6.54 Å². The predicted octanol–water partition coefficient (Wildman–Crippen LogP) is 3.50. The monoisotopic (exact) mass is 352 g/mol. The summed E-state index contributed by atoms with van der Waals surface area (Å²) in [7, 11) is 0. The summed E-state index contributed by atoms with van der Waals surface area (Å²) in [5, 5.41) is 5.84. The second-order valence-corrected chi connectivity index (χ2v) is 8.75. The van der Waals surface area contributed by atoms with Crippen LogP contribution in [0.25, 0.3) is 6.08 Å². The van der Waals surface area contributed by atoms with Gasteiger partial charge in [-0.25, -0.2) is 0 Å². The zero-order chi connectivity index (χ0) is 18.1. The van der Waals surface area contributed by atoms with Crippen LogP contribution in [0.15, 0.2) is 36.0 Å². The average Bonchev–Trinajstić information content (AvgIpc) is 2.58.